The van der Waals surface area contributed by atoms with E-state index in [0.717, 1.165) is 0 Å². The zero-order valence-electron chi connectivity index (χ0n) is 16.5. The second kappa shape index (κ2) is 8.37. The molecule has 1 fully saturated rings. The molecule has 3 unspecified atom stereocenters. The van der Waals surface area contributed by atoms with Gasteiger partial charge in [0.05, 0.1) is 6.10 Å². The SMILES string of the molecule is CC(Oc1ccccc1F)C1CCN(C2(C(=O)O)C=CC=C(C(=O)O)C2C)CC1. The van der Waals surface area contributed by atoms with Crippen LogP contribution in [0.4, 0.5) is 4.39 Å². The van der Waals surface area contributed by atoms with Gasteiger partial charge in [-0.15, -0.1) is 0 Å². The standard InChI is InChI=1S/C22H26FNO5/c1-14-17(20(25)26)6-5-11-22(14,21(27)28)24-12-9-16(10-13-24)15(2)29-19-8-4-3-7-18(19)23/h3-8,11,14-16H,9-10,12-13H2,1-2H3,(H,25,26)(H,27,28). The van der Waals surface area contributed by atoms with Gasteiger partial charge >= 0.3 is 11.9 Å². The van der Waals surface area contributed by atoms with Crippen LogP contribution in [-0.2, 0) is 9.59 Å². The van der Waals surface area contributed by atoms with Gasteiger partial charge < -0.3 is 14.9 Å². The summed E-state index contributed by atoms with van der Waals surface area (Å²) >= 11 is 0. The predicted molar refractivity (Wildman–Crippen MR) is 105 cm³/mol. The number of para-hydroxylation sites is 1. The first-order valence-corrected chi connectivity index (χ1v) is 9.79. The van der Waals surface area contributed by atoms with Gasteiger partial charge in [0, 0.05) is 11.5 Å². The van der Waals surface area contributed by atoms with Crippen molar-refractivity contribution in [1.82, 2.24) is 4.90 Å². The van der Waals surface area contributed by atoms with Crippen molar-refractivity contribution in [2.24, 2.45) is 11.8 Å². The monoisotopic (exact) mass is 403 g/mol. The number of ether oxygens (including phenoxy) is 1. The molecule has 7 heteroatoms. The Morgan fingerprint density at radius 3 is 2.48 bits per heavy atom. The Labute approximate surface area is 169 Å². The molecule has 29 heavy (non-hydrogen) atoms. The lowest BCUT2D eigenvalue weighted by atomic mass is 9.74. The van der Waals surface area contributed by atoms with E-state index in [1.54, 1.807) is 31.2 Å². The van der Waals surface area contributed by atoms with Crippen LogP contribution in [0, 0.1) is 17.7 Å². The molecule has 0 aromatic heterocycles. The first-order chi connectivity index (χ1) is 13.8. The number of carboxylic acid groups (broad SMARTS) is 2. The van der Waals surface area contributed by atoms with Crippen molar-refractivity contribution in [2.45, 2.75) is 38.3 Å². The van der Waals surface area contributed by atoms with Crippen LogP contribution in [0.2, 0.25) is 0 Å². The second-order valence-electron chi connectivity index (χ2n) is 7.72. The summed E-state index contributed by atoms with van der Waals surface area (Å²) in [6.07, 6.45) is 5.71. The van der Waals surface area contributed by atoms with E-state index in [1.807, 2.05) is 11.8 Å². The molecule has 156 valence electrons. The second-order valence-corrected chi connectivity index (χ2v) is 7.72. The summed E-state index contributed by atoms with van der Waals surface area (Å²) in [5.41, 5.74) is -1.29. The molecule has 1 saturated heterocycles. The third-order valence-electron chi connectivity index (χ3n) is 6.22. The van der Waals surface area contributed by atoms with E-state index in [2.05, 4.69) is 0 Å². The number of benzene rings is 1. The molecule has 0 saturated carbocycles. The molecular weight excluding hydrogens is 377 g/mol. The Hall–Kier alpha value is -2.67. The van der Waals surface area contributed by atoms with E-state index < -0.39 is 29.2 Å². The minimum Gasteiger partial charge on any atom is -0.487 e. The fraction of sp³-hybridized carbons (Fsp3) is 0.455. The van der Waals surface area contributed by atoms with Crippen molar-refractivity contribution in [3.63, 3.8) is 0 Å². The highest BCUT2D eigenvalue weighted by Gasteiger charge is 2.51. The fourth-order valence-electron chi connectivity index (χ4n) is 4.43. The maximum Gasteiger partial charge on any atom is 0.331 e. The van der Waals surface area contributed by atoms with Crippen molar-refractivity contribution in [1.29, 1.82) is 0 Å². The van der Waals surface area contributed by atoms with E-state index in [4.69, 9.17) is 4.74 Å². The van der Waals surface area contributed by atoms with Gasteiger partial charge in [-0.3, -0.25) is 4.90 Å². The lowest BCUT2D eigenvalue weighted by Crippen LogP contribution is -2.61. The molecule has 0 amide bonds. The first-order valence-electron chi connectivity index (χ1n) is 9.79. The Kier molecular flexibility index (Phi) is 6.07. The van der Waals surface area contributed by atoms with Gasteiger partial charge in [-0.2, -0.15) is 0 Å². The number of likely N-dealkylation sites (tertiary alicyclic amines) is 1. The minimum absolute atomic E-state index is 0.0910. The molecule has 2 aliphatic rings. The molecule has 1 aliphatic carbocycles. The van der Waals surface area contributed by atoms with Gasteiger partial charge in [-0.05, 0) is 50.9 Å². The van der Waals surface area contributed by atoms with Crippen LogP contribution in [-0.4, -0.2) is 51.8 Å². The summed E-state index contributed by atoms with van der Waals surface area (Å²) in [6.45, 7) is 4.52. The maximum absolute atomic E-state index is 13.8. The molecule has 2 N–H and O–H groups in total. The highest BCUT2D eigenvalue weighted by molar-refractivity contribution is 5.92. The molecule has 1 aromatic rings. The maximum atomic E-state index is 13.8. The van der Waals surface area contributed by atoms with Gasteiger partial charge in [-0.1, -0.05) is 37.3 Å². The van der Waals surface area contributed by atoms with Crippen LogP contribution in [0.3, 0.4) is 0 Å². The number of carbonyl (C=O) groups is 2. The molecule has 1 aliphatic heterocycles. The van der Waals surface area contributed by atoms with Crippen molar-refractivity contribution < 1.29 is 28.9 Å². The van der Waals surface area contributed by atoms with Crippen LogP contribution < -0.4 is 4.74 Å². The number of carboxylic acids is 2. The zero-order valence-corrected chi connectivity index (χ0v) is 16.5. The molecule has 0 spiro atoms. The van der Waals surface area contributed by atoms with Crippen LogP contribution in [0.25, 0.3) is 0 Å². The van der Waals surface area contributed by atoms with E-state index in [-0.39, 0.29) is 23.3 Å². The van der Waals surface area contributed by atoms with Crippen molar-refractivity contribution in [2.75, 3.05) is 13.1 Å². The quantitative estimate of drug-likeness (QED) is 0.758. The lowest BCUT2D eigenvalue weighted by molar-refractivity contribution is -0.152. The van der Waals surface area contributed by atoms with Crippen molar-refractivity contribution in [3.8, 4) is 5.75 Å². The third-order valence-corrected chi connectivity index (χ3v) is 6.22. The van der Waals surface area contributed by atoms with Crippen LogP contribution >= 0.6 is 0 Å². The smallest absolute Gasteiger partial charge is 0.331 e. The summed E-state index contributed by atoms with van der Waals surface area (Å²) < 4.78 is 19.6. The largest absolute Gasteiger partial charge is 0.487 e. The molecule has 1 heterocycles. The summed E-state index contributed by atoms with van der Waals surface area (Å²) in [5, 5.41) is 19.5. The lowest BCUT2D eigenvalue weighted by Gasteiger charge is -2.47. The average molecular weight is 403 g/mol. The summed E-state index contributed by atoms with van der Waals surface area (Å²) in [6, 6.07) is 6.27. The molecule has 3 atom stereocenters. The van der Waals surface area contributed by atoms with E-state index in [9.17, 15) is 24.2 Å². The molecule has 0 bridgehead atoms. The normalized spacial score (nSPS) is 26.6. The van der Waals surface area contributed by atoms with Gasteiger partial charge in [0.15, 0.2) is 11.6 Å². The number of piperidine rings is 1. The topological polar surface area (TPSA) is 87.1 Å². The average Bonchev–Trinajstić information content (AvgIpc) is 2.69. The Bertz CT molecular complexity index is 843. The Morgan fingerprint density at radius 2 is 1.90 bits per heavy atom. The molecular formula is C22H26FNO5. The van der Waals surface area contributed by atoms with Crippen molar-refractivity contribution in [3.05, 3.63) is 53.9 Å². The number of aliphatic carboxylic acids is 2. The number of halogens is 1. The number of rotatable bonds is 6. The van der Waals surface area contributed by atoms with Crippen LogP contribution in [0.15, 0.2) is 48.1 Å². The predicted octanol–water partition coefficient (Wildman–Crippen LogP) is 3.35. The van der Waals surface area contributed by atoms with Crippen molar-refractivity contribution >= 4 is 11.9 Å². The number of allylic oxidation sites excluding steroid dienone is 2. The highest BCUT2D eigenvalue weighted by atomic mass is 19.1. The number of hydrogen-bond donors (Lipinski definition) is 2. The third kappa shape index (κ3) is 3.92. The Morgan fingerprint density at radius 1 is 1.24 bits per heavy atom. The molecule has 6 nitrogen and oxygen atoms in total. The van der Waals surface area contributed by atoms with E-state index >= 15 is 0 Å². The molecule has 3 rings (SSSR count). The van der Waals surface area contributed by atoms with Gasteiger partial charge in [0.2, 0.25) is 0 Å². The summed E-state index contributed by atoms with van der Waals surface area (Å²) in [5.74, 6) is -2.89. The minimum atomic E-state index is -1.39. The van der Waals surface area contributed by atoms with Gasteiger partial charge in [0.25, 0.3) is 0 Å². The zero-order chi connectivity index (χ0) is 21.2. The van der Waals surface area contributed by atoms with Crippen LogP contribution in [0.1, 0.15) is 26.7 Å². The van der Waals surface area contributed by atoms with Gasteiger partial charge in [-0.25, -0.2) is 14.0 Å². The highest BCUT2D eigenvalue weighted by Crippen LogP contribution is 2.39. The summed E-state index contributed by atoms with van der Waals surface area (Å²) in [7, 11) is 0. The number of hydrogen-bond acceptors (Lipinski definition) is 4. The molecule has 1 aromatic carbocycles. The summed E-state index contributed by atoms with van der Waals surface area (Å²) in [4.78, 5) is 25.7. The molecule has 0 radical (unpaired) electrons. The van der Waals surface area contributed by atoms with Crippen LogP contribution in [0.5, 0.6) is 5.75 Å². The fourth-order valence-corrected chi connectivity index (χ4v) is 4.43. The first kappa shape index (κ1) is 21.0. The van der Waals surface area contributed by atoms with E-state index in [1.165, 1.54) is 18.2 Å². The van der Waals surface area contributed by atoms with Gasteiger partial charge in [0.1, 0.15) is 5.54 Å². The number of nitrogens with zero attached hydrogens (tertiary/aromatic N) is 1. The van der Waals surface area contributed by atoms with E-state index in [0.29, 0.717) is 25.9 Å². The Balaban J connectivity index is 1.71.